The Balaban J connectivity index is 1.60. The van der Waals surface area contributed by atoms with Gasteiger partial charge in [-0.25, -0.2) is 14.3 Å². The molecule has 6 rings (SSSR count). The van der Waals surface area contributed by atoms with E-state index in [0.29, 0.717) is 22.5 Å². The maximum atomic E-state index is 13.1. The molecule has 0 amide bonds. The lowest BCUT2D eigenvalue weighted by Gasteiger charge is -2.11. The molecule has 0 spiro atoms. The fraction of sp³-hybridized carbons (Fsp3) is 0.0357. The monoisotopic (exact) mass is 429 g/mol. The third-order valence-corrected chi connectivity index (χ3v) is 5.80. The van der Waals surface area contributed by atoms with Crippen molar-refractivity contribution in [3.8, 4) is 33.6 Å². The van der Waals surface area contributed by atoms with Gasteiger partial charge in [0.1, 0.15) is 5.58 Å². The zero-order chi connectivity index (χ0) is 22.4. The van der Waals surface area contributed by atoms with Crippen LogP contribution in [0, 0.1) is 6.92 Å². The van der Waals surface area contributed by atoms with E-state index >= 15 is 0 Å². The third-order valence-electron chi connectivity index (χ3n) is 5.80. The Kier molecular flexibility index (Phi) is 4.40. The summed E-state index contributed by atoms with van der Waals surface area (Å²) in [5.74, 6) is 0. The number of aromatic nitrogens is 3. The van der Waals surface area contributed by atoms with Gasteiger partial charge in [0, 0.05) is 28.8 Å². The summed E-state index contributed by atoms with van der Waals surface area (Å²) in [6.07, 6.45) is 1.88. The first kappa shape index (κ1) is 19.2. The lowest BCUT2D eigenvalue weighted by atomic mass is 9.96. The first-order valence-electron chi connectivity index (χ1n) is 10.7. The molecule has 0 saturated heterocycles. The molecule has 0 saturated carbocycles. The van der Waals surface area contributed by atoms with Crippen LogP contribution in [0.2, 0.25) is 0 Å². The van der Waals surface area contributed by atoms with E-state index in [9.17, 15) is 4.79 Å². The Morgan fingerprint density at radius 1 is 0.758 bits per heavy atom. The van der Waals surface area contributed by atoms with Crippen molar-refractivity contribution in [1.29, 1.82) is 0 Å². The van der Waals surface area contributed by atoms with Crippen molar-refractivity contribution in [2.24, 2.45) is 0 Å². The van der Waals surface area contributed by atoms with Crippen LogP contribution in [-0.4, -0.2) is 14.6 Å². The summed E-state index contributed by atoms with van der Waals surface area (Å²) in [6, 6.07) is 29.3. The SMILES string of the molecule is Cc1ccc(-c2cc3nc(-c4c(-c5ccccc5)c(=O)oc5ccccc45)ccn3n2)cc1. The summed E-state index contributed by atoms with van der Waals surface area (Å²) < 4.78 is 7.43. The highest BCUT2D eigenvalue weighted by Gasteiger charge is 2.19. The molecular formula is C28H19N3O2. The maximum absolute atomic E-state index is 13.1. The number of hydrogen-bond acceptors (Lipinski definition) is 4. The van der Waals surface area contributed by atoms with E-state index in [4.69, 9.17) is 9.40 Å². The van der Waals surface area contributed by atoms with Crippen molar-refractivity contribution >= 4 is 16.6 Å². The molecule has 0 fully saturated rings. The van der Waals surface area contributed by atoms with Gasteiger partial charge in [-0.2, -0.15) is 5.10 Å². The quantitative estimate of drug-likeness (QED) is 0.317. The van der Waals surface area contributed by atoms with Crippen LogP contribution in [0.5, 0.6) is 0 Å². The molecule has 0 aliphatic rings. The predicted octanol–water partition coefficient (Wildman–Crippen LogP) is 6.15. The van der Waals surface area contributed by atoms with Gasteiger partial charge < -0.3 is 4.42 Å². The van der Waals surface area contributed by atoms with Crippen molar-refractivity contribution in [3.05, 3.63) is 113 Å². The number of benzene rings is 3. The van der Waals surface area contributed by atoms with Crippen LogP contribution < -0.4 is 5.63 Å². The first-order chi connectivity index (χ1) is 16.2. The van der Waals surface area contributed by atoms with Crippen LogP contribution >= 0.6 is 0 Å². The fourth-order valence-corrected chi connectivity index (χ4v) is 4.17. The summed E-state index contributed by atoms with van der Waals surface area (Å²) in [6.45, 7) is 2.06. The first-order valence-corrected chi connectivity index (χ1v) is 10.7. The lowest BCUT2D eigenvalue weighted by molar-refractivity contribution is 0.564. The Morgan fingerprint density at radius 2 is 1.52 bits per heavy atom. The minimum Gasteiger partial charge on any atom is -0.422 e. The fourth-order valence-electron chi connectivity index (χ4n) is 4.17. The molecule has 33 heavy (non-hydrogen) atoms. The molecule has 3 aromatic carbocycles. The Bertz CT molecular complexity index is 1680. The molecule has 0 aliphatic heterocycles. The smallest absolute Gasteiger partial charge is 0.344 e. The van der Waals surface area contributed by atoms with Gasteiger partial charge in [-0.3, -0.25) is 0 Å². The molecule has 0 bridgehead atoms. The van der Waals surface area contributed by atoms with Crippen molar-refractivity contribution in [3.63, 3.8) is 0 Å². The highest BCUT2D eigenvalue weighted by molar-refractivity contribution is 6.00. The average Bonchev–Trinajstić information content (AvgIpc) is 3.27. The molecule has 0 unspecified atom stereocenters. The molecule has 0 aliphatic carbocycles. The van der Waals surface area contributed by atoms with Gasteiger partial charge in [-0.1, -0.05) is 78.4 Å². The molecule has 158 valence electrons. The summed E-state index contributed by atoms with van der Waals surface area (Å²) in [5, 5.41) is 5.52. The van der Waals surface area contributed by atoms with Crippen LogP contribution in [-0.2, 0) is 0 Å². The molecule has 5 nitrogen and oxygen atoms in total. The number of aryl methyl sites for hydroxylation is 1. The van der Waals surface area contributed by atoms with Gasteiger partial charge in [0.25, 0.3) is 0 Å². The highest BCUT2D eigenvalue weighted by atomic mass is 16.4. The van der Waals surface area contributed by atoms with E-state index in [1.165, 1.54) is 5.56 Å². The van der Waals surface area contributed by atoms with E-state index < -0.39 is 0 Å². The Hall–Kier alpha value is -4.51. The summed E-state index contributed by atoms with van der Waals surface area (Å²) in [5.41, 5.74) is 6.69. The van der Waals surface area contributed by atoms with Crippen LogP contribution in [0.4, 0.5) is 0 Å². The van der Waals surface area contributed by atoms with Gasteiger partial charge in [-0.05, 0) is 24.6 Å². The zero-order valence-corrected chi connectivity index (χ0v) is 17.9. The summed E-state index contributed by atoms with van der Waals surface area (Å²) in [7, 11) is 0. The van der Waals surface area contributed by atoms with Crippen molar-refractivity contribution < 1.29 is 4.42 Å². The van der Waals surface area contributed by atoms with E-state index in [2.05, 4.69) is 36.3 Å². The van der Waals surface area contributed by atoms with Crippen LogP contribution in [0.1, 0.15) is 5.56 Å². The van der Waals surface area contributed by atoms with Crippen molar-refractivity contribution in [1.82, 2.24) is 14.6 Å². The average molecular weight is 429 g/mol. The molecule has 5 heteroatoms. The molecular weight excluding hydrogens is 410 g/mol. The number of hydrogen-bond donors (Lipinski definition) is 0. The van der Waals surface area contributed by atoms with Crippen LogP contribution in [0.15, 0.2) is 106 Å². The number of nitrogens with zero attached hydrogens (tertiary/aromatic N) is 3. The maximum Gasteiger partial charge on any atom is 0.344 e. The molecule has 3 heterocycles. The minimum atomic E-state index is -0.384. The van der Waals surface area contributed by atoms with Crippen LogP contribution in [0.25, 0.3) is 50.3 Å². The molecule has 0 N–H and O–H groups in total. The van der Waals surface area contributed by atoms with Gasteiger partial charge in [0.15, 0.2) is 5.65 Å². The van der Waals surface area contributed by atoms with Gasteiger partial charge in [-0.15, -0.1) is 0 Å². The zero-order valence-electron chi connectivity index (χ0n) is 17.9. The molecule has 6 aromatic rings. The van der Waals surface area contributed by atoms with Gasteiger partial charge >= 0.3 is 5.63 Å². The van der Waals surface area contributed by atoms with Crippen molar-refractivity contribution in [2.45, 2.75) is 6.92 Å². The van der Waals surface area contributed by atoms with Crippen molar-refractivity contribution in [2.75, 3.05) is 0 Å². The van der Waals surface area contributed by atoms with Crippen LogP contribution in [0.3, 0.4) is 0 Å². The number of rotatable bonds is 3. The third kappa shape index (κ3) is 3.31. The van der Waals surface area contributed by atoms with E-state index in [-0.39, 0.29) is 5.63 Å². The molecule has 0 atom stereocenters. The van der Waals surface area contributed by atoms with Gasteiger partial charge in [0.2, 0.25) is 0 Å². The largest absolute Gasteiger partial charge is 0.422 e. The van der Waals surface area contributed by atoms with E-state index in [0.717, 1.165) is 27.8 Å². The van der Waals surface area contributed by atoms with Gasteiger partial charge in [0.05, 0.1) is 17.0 Å². The molecule has 3 aromatic heterocycles. The Morgan fingerprint density at radius 3 is 2.33 bits per heavy atom. The Labute approximate surface area is 189 Å². The predicted molar refractivity (Wildman–Crippen MR) is 130 cm³/mol. The standard InChI is InChI=1S/C28H19N3O2/c1-18-11-13-19(14-12-18)23-17-25-29-22(15-16-31(25)30-23)27-21-9-5-6-10-24(21)33-28(32)26(27)20-7-3-2-4-8-20/h2-17H,1H3. The van der Waals surface area contributed by atoms with E-state index in [1.54, 1.807) is 4.52 Å². The summed E-state index contributed by atoms with van der Waals surface area (Å²) in [4.78, 5) is 18.0. The number of fused-ring (bicyclic) bond motifs is 2. The minimum absolute atomic E-state index is 0.384. The second-order valence-corrected chi connectivity index (χ2v) is 8.01. The normalized spacial score (nSPS) is 11.3. The lowest BCUT2D eigenvalue weighted by Crippen LogP contribution is -2.07. The second kappa shape index (κ2) is 7.57. The summed E-state index contributed by atoms with van der Waals surface area (Å²) >= 11 is 0. The highest BCUT2D eigenvalue weighted by Crippen LogP contribution is 2.35. The number of para-hydroxylation sites is 1. The second-order valence-electron chi connectivity index (χ2n) is 8.01. The molecule has 0 radical (unpaired) electrons. The van der Waals surface area contributed by atoms with E-state index in [1.807, 2.05) is 72.9 Å². The topological polar surface area (TPSA) is 60.4 Å².